The molecule has 0 amide bonds. The van der Waals surface area contributed by atoms with Crippen molar-refractivity contribution in [1.29, 1.82) is 0 Å². The number of hydrogen-bond donors (Lipinski definition) is 1. The van der Waals surface area contributed by atoms with Crippen LogP contribution in [-0.2, 0) is 6.18 Å². The van der Waals surface area contributed by atoms with Gasteiger partial charge in [-0.05, 0) is 36.7 Å². The van der Waals surface area contributed by atoms with Gasteiger partial charge in [0, 0.05) is 11.9 Å². The number of hydrogen-bond acceptors (Lipinski definition) is 2. The molecule has 1 atom stereocenters. The van der Waals surface area contributed by atoms with Gasteiger partial charge >= 0.3 is 6.18 Å². The molecule has 0 fully saturated rings. The van der Waals surface area contributed by atoms with Crippen LogP contribution in [0.2, 0.25) is 0 Å². The van der Waals surface area contributed by atoms with E-state index >= 15 is 0 Å². The van der Waals surface area contributed by atoms with Crippen LogP contribution in [0.4, 0.5) is 13.2 Å². The maximum absolute atomic E-state index is 13.2. The highest BCUT2D eigenvalue weighted by atomic mass is 19.4. The van der Waals surface area contributed by atoms with Crippen molar-refractivity contribution in [3.05, 3.63) is 65.0 Å². The summed E-state index contributed by atoms with van der Waals surface area (Å²) in [5.41, 5.74) is 1.10. The Bertz CT molecular complexity index is 608. The first-order valence-electron chi connectivity index (χ1n) is 6.76. The molecule has 1 aromatic carbocycles. The Morgan fingerprint density at radius 2 is 1.76 bits per heavy atom. The van der Waals surface area contributed by atoms with Crippen LogP contribution < -0.4 is 5.32 Å². The summed E-state index contributed by atoms with van der Waals surface area (Å²) in [6.45, 7) is 4.23. The fourth-order valence-corrected chi connectivity index (χ4v) is 2.40. The molecule has 0 saturated heterocycles. The minimum atomic E-state index is -4.37. The number of nitrogens with one attached hydrogen (secondary N) is 1. The Morgan fingerprint density at radius 1 is 1.10 bits per heavy atom. The van der Waals surface area contributed by atoms with Gasteiger partial charge in [-0.3, -0.25) is 4.98 Å². The Labute approximate surface area is 122 Å². The second-order valence-electron chi connectivity index (χ2n) is 4.75. The molecule has 1 N–H and O–H groups in total. The van der Waals surface area contributed by atoms with E-state index in [4.69, 9.17) is 0 Å². The van der Waals surface area contributed by atoms with Crippen LogP contribution in [0.1, 0.15) is 35.3 Å². The van der Waals surface area contributed by atoms with E-state index in [0.29, 0.717) is 6.54 Å². The van der Waals surface area contributed by atoms with Crippen LogP contribution in [0.25, 0.3) is 0 Å². The average Bonchev–Trinajstić information content (AvgIpc) is 2.45. The summed E-state index contributed by atoms with van der Waals surface area (Å²) in [6.07, 6.45) is -2.74. The van der Waals surface area contributed by atoms with Gasteiger partial charge in [0.1, 0.15) is 0 Å². The van der Waals surface area contributed by atoms with Gasteiger partial charge in [0.25, 0.3) is 0 Å². The normalized spacial score (nSPS) is 13.2. The predicted molar refractivity (Wildman–Crippen MR) is 75.9 cm³/mol. The Balaban J connectivity index is 2.57. The average molecular weight is 294 g/mol. The molecule has 1 heterocycles. The molecule has 0 radical (unpaired) electrons. The van der Waals surface area contributed by atoms with E-state index in [2.05, 4.69) is 10.3 Å². The zero-order chi connectivity index (χ0) is 15.5. The van der Waals surface area contributed by atoms with Crippen molar-refractivity contribution in [3.8, 4) is 0 Å². The largest absolute Gasteiger partial charge is 0.416 e. The topological polar surface area (TPSA) is 24.9 Å². The quantitative estimate of drug-likeness (QED) is 0.918. The maximum atomic E-state index is 13.2. The van der Waals surface area contributed by atoms with E-state index in [1.165, 1.54) is 12.1 Å². The first kappa shape index (κ1) is 15.5. The highest BCUT2D eigenvalue weighted by Crippen LogP contribution is 2.36. The van der Waals surface area contributed by atoms with Crippen LogP contribution in [0.15, 0.2) is 42.6 Å². The number of nitrogens with zero attached hydrogens (tertiary/aromatic N) is 1. The van der Waals surface area contributed by atoms with Gasteiger partial charge in [-0.1, -0.05) is 31.2 Å². The summed E-state index contributed by atoms with van der Waals surface area (Å²) in [4.78, 5) is 4.18. The van der Waals surface area contributed by atoms with E-state index in [-0.39, 0.29) is 5.56 Å². The Morgan fingerprint density at radius 3 is 2.38 bits per heavy atom. The molecule has 0 bridgehead atoms. The van der Waals surface area contributed by atoms with Crippen molar-refractivity contribution in [3.63, 3.8) is 0 Å². The van der Waals surface area contributed by atoms with Gasteiger partial charge in [0.15, 0.2) is 0 Å². The summed E-state index contributed by atoms with van der Waals surface area (Å²) in [7, 11) is 0. The second-order valence-corrected chi connectivity index (χ2v) is 4.75. The molecule has 0 aliphatic carbocycles. The minimum absolute atomic E-state index is 0.225. The molecule has 2 nitrogen and oxygen atoms in total. The van der Waals surface area contributed by atoms with Crippen LogP contribution in [-0.4, -0.2) is 11.5 Å². The monoisotopic (exact) mass is 294 g/mol. The highest BCUT2D eigenvalue weighted by molar-refractivity contribution is 5.40. The third-order valence-electron chi connectivity index (χ3n) is 3.34. The molecule has 1 unspecified atom stereocenters. The molecule has 21 heavy (non-hydrogen) atoms. The molecule has 0 aliphatic heterocycles. The number of aryl methyl sites for hydroxylation is 1. The summed E-state index contributed by atoms with van der Waals surface area (Å²) in [5.74, 6) is 0. The van der Waals surface area contributed by atoms with Crippen LogP contribution in [0.3, 0.4) is 0 Å². The van der Waals surface area contributed by atoms with Crippen molar-refractivity contribution in [2.24, 2.45) is 0 Å². The molecule has 1 aromatic heterocycles. The van der Waals surface area contributed by atoms with E-state index in [1.54, 1.807) is 25.3 Å². The van der Waals surface area contributed by atoms with Crippen molar-refractivity contribution < 1.29 is 13.2 Å². The lowest BCUT2D eigenvalue weighted by molar-refractivity contribution is -0.138. The minimum Gasteiger partial charge on any atom is -0.306 e. The Kier molecular flexibility index (Phi) is 4.63. The Hall–Kier alpha value is -1.88. The van der Waals surface area contributed by atoms with Gasteiger partial charge in [-0.25, -0.2) is 0 Å². The fourth-order valence-electron chi connectivity index (χ4n) is 2.40. The van der Waals surface area contributed by atoms with Crippen LogP contribution in [0.5, 0.6) is 0 Å². The van der Waals surface area contributed by atoms with Gasteiger partial charge < -0.3 is 5.32 Å². The summed E-state index contributed by atoms with van der Waals surface area (Å²) >= 11 is 0. The second kappa shape index (κ2) is 6.26. The van der Waals surface area contributed by atoms with Crippen molar-refractivity contribution in [2.75, 3.05) is 6.54 Å². The van der Waals surface area contributed by atoms with Crippen molar-refractivity contribution >= 4 is 0 Å². The fraction of sp³-hybridized carbons (Fsp3) is 0.312. The molecule has 0 saturated carbocycles. The van der Waals surface area contributed by atoms with Gasteiger partial charge in [0.05, 0.1) is 11.6 Å². The van der Waals surface area contributed by atoms with Crippen molar-refractivity contribution in [2.45, 2.75) is 26.1 Å². The third-order valence-corrected chi connectivity index (χ3v) is 3.34. The number of rotatable bonds is 4. The summed E-state index contributed by atoms with van der Waals surface area (Å²) in [6, 6.07) is 8.69. The molecule has 2 aromatic rings. The lowest BCUT2D eigenvalue weighted by Crippen LogP contribution is -2.25. The lowest BCUT2D eigenvalue weighted by Gasteiger charge is -2.23. The number of pyridine rings is 1. The standard InChI is InChI=1S/C16H17F3N2/c1-3-20-15(12-8-6-10-21-11(12)2)13-7-4-5-9-14(13)16(17,18)19/h4-10,15,20H,3H2,1-2H3. The molecule has 0 spiro atoms. The van der Waals surface area contributed by atoms with Crippen LogP contribution in [0, 0.1) is 6.92 Å². The molecular weight excluding hydrogens is 277 g/mol. The molecule has 2 rings (SSSR count). The lowest BCUT2D eigenvalue weighted by atomic mass is 9.93. The molecule has 5 heteroatoms. The molecule has 112 valence electrons. The zero-order valence-electron chi connectivity index (χ0n) is 11.9. The van der Waals surface area contributed by atoms with E-state index in [1.807, 2.05) is 13.0 Å². The smallest absolute Gasteiger partial charge is 0.306 e. The van der Waals surface area contributed by atoms with Crippen LogP contribution >= 0.6 is 0 Å². The number of halogens is 3. The maximum Gasteiger partial charge on any atom is 0.416 e. The van der Waals surface area contributed by atoms with E-state index in [0.717, 1.165) is 17.3 Å². The van der Waals surface area contributed by atoms with Gasteiger partial charge in [-0.15, -0.1) is 0 Å². The predicted octanol–water partition coefficient (Wildman–Crippen LogP) is 4.11. The number of benzene rings is 1. The SMILES string of the molecule is CCNC(c1ccccc1C(F)(F)F)c1cccnc1C. The van der Waals surface area contributed by atoms with Gasteiger partial charge in [-0.2, -0.15) is 13.2 Å². The first-order valence-corrected chi connectivity index (χ1v) is 6.76. The third kappa shape index (κ3) is 3.42. The summed E-state index contributed by atoms with van der Waals surface area (Å²) < 4.78 is 39.7. The number of aromatic nitrogens is 1. The van der Waals surface area contributed by atoms with E-state index < -0.39 is 17.8 Å². The molecule has 0 aliphatic rings. The van der Waals surface area contributed by atoms with E-state index in [9.17, 15) is 13.2 Å². The zero-order valence-corrected chi connectivity index (χ0v) is 11.9. The molecular formula is C16H17F3N2. The number of alkyl halides is 3. The summed E-state index contributed by atoms with van der Waals surface area (Å²) in [5, 5.41) is 3.13. The van der Waals surface area contributed by atoms with Crippen molar-refractivity contribution in [1.82, 2.24) is 10.3 Å². The van der Waals surface area contributed by atoms with Gasteiger partial charge in [0.2, 0.25) is 0 Å². The highest BCUT2D eigenvalue weighted by Gasteiger charge is 2.35. The first-order chi connectivity index (χ1) is 9.95.